The van der Waals surface area contributed by atoms with Crippen LogP contribution >= 0.6 is 15.9 Å². The van der Waals surface area contributed by atoms with Gasteiger partial charge in [0.25, 0.3) is 0 Å². The molecule has 6 heteroatoms. The lowest BCUT2D eigenvalue weighted by Crippen LogP contribution is -1.90. The second-order valence-electron chi connectivity index (χ2n) is 2.89. The van der Waals surface area contributed by atoms with Crippen molar-refractivity contribution in [2.75, 3.05) is 12.8 Å². The number of rotatable bonds is 2. The minimum absolute atomic E-state index is 0.215. The Morgan fingerprint density at radius 1 is 1.47 bits per heavy atom. The summed E-state index contributed by atoms with van der Waals surface area (Å²) in [4.78, 5) is 4.04. The van der Waals surface area contributed by atoms with Gasteiger partial charge in [0.15, 0.2) is 5.82 Å². The SMILES string of the molecule is COc1ccc(Br)cc1-c1nc(N)n[nH]1. The van der Waals surface area contributed by atoms with Crippen LogP contribution < -0.4 is 10.5 Å². The average molecular weight is 269 g/mol. The number of aromatic nitrogens is 3. The molecule has 0 spiro atoms. The predicted octanol–water partition coefficient (Wildman–Crippen LogP) is 1.82. The molecule has 0 saturated carbocycles. The van der Waals surface area contributed by atoms with E-state index in [1.165, 1.54) is 0 Å². The van der Waals surface area contributed by atoms with Gasteiger partial charge < -0.3 is 10.5 Å². The largest absolute Gasteiger partial charge is 0.496 e. The van der Waals surface area contributed by atoms with Crippen LogP contribution in [0.2, 0.25) is 0 Å². The molecule has 3 N–H and O–H groups in total. The smallest absolute Gasteiger partial charge is 0.239 e. The fourth-order valence-corrected chi connectivity index (χ4v) is 1.62. The Morgan fingerprint density at radius 2 is 2.27 bits per heavy atom. The number of methoxy groups -OCH3 is 1. The normalized spacial score (nSPS) is 10.3. The van der Waals surface area contributed by atoms with Gasteiger partial charge >= 0.3 is 0 Å². The van der Waals surface area contributed by atoms with E-state index in [9.17, 15) is 0 Å². The van der Waals surface area contributed by atoms with Gasteiger partial charge in [-0.3, -0.25) is 5.10 Å². The number of halogens is 1. The second kappa shape index (κ2) is 3.90. The van der Waals surface area contributed by atoms with Crippen molar-refractivity contribution in [2.24, 2.45) is 0 Å². The molecule has 0 aliphatic carbocycles. The third-order valence-electron chi connectivity index (χ3n) is 1.92. The van der Waals surface area contributed by atoms with Crippen LogP contribution in [0.25, 0.3) is 11.4 Å². The monoisotopic (exact) mass is 268 g/mol. The number of hydrogen-bond acceptors (Lipinski definition) is 4. The maximum Gasteiger partial charge on any atom is 0.239 e. The summed E-state index contributed by atoms with van der Waals surface area (Å²) in [5, 5.41) is 6.51. The lowest BCUT2D eigenvalue weighted by Gasteiger charge is -2.05. The van der Waals surface area contributed by atoms with Gasteiger partial charge in [-0.1, -0.05) is 15.9 Å². The lowest BCUT2D eigenvalue weighted by atomic mass is 10.2. The summed E-state index contributed by atoms with van der Waals surface area (Å²) in [6, 6.07) is 5.62. The van der Waals surface area contributed by atoms with Crippen LogP contribution in [-0.2, 0) is 0 Å². The molecule has 1 aromatic carbocycles. The summed E-state index contributed by atoms with van der Waals surface area (Å²) in [6.45, 7) is 0. The first-order valence-electron chi connectivity index (χ1n) is 4.22. The Labute approximate surface area is 94.8 Å². The number of benzene rings is 1. The van der Waals surface area contributed by atoms with Gasteiger partial charge in [-0.2, -0.15) is 4.98 Å². The number of aromatic amines is 1. The number of H-pyrrole nitrogens is 1. The van der Waals surface area contributed by atoms with Crippen molar-refractivity contribution in [1.29, 1.82) is 0 Å². The summed E-state index contributed by atoms with van der Waals surface area (Å²) in [7, 11) is 1.60. The summed E-state index contributed by atoms with van der Waals surface area (Å²) in [5.41, 5.74) is 6.26. The van der Waals surface area contributed by atoms with Crippen molar-refractivity contribution < 1.29 is 4.74 Å². The minimum atomic E-state index is 0.215. The van der Waals surface area contributed by atoms with Crippen molar-refractivity contribution in [3.63, 3.8) is 0 Å². The predicted molar refractivity (Wildman–Crippen MR) is 60.5 cm³/mol. The Morgan fingerprint density at radius 3 is 2.87 bits per heavy atom. The number of nitrogens with zero attached hydrogens (tertiary/aromatic N) is 2. The van der Waals surface area contributed by atoms with Gasteiger partial charge in [0, 0.05) is 4.47 Å². The van der Waals surface area contributed by atoms with E-state index in [0.29, 0.717) is 11.6 Å². The van der Waals surface area contributed by atoms with Crippen LogP contribution in [0.15, 0.2) is 22.7 Å². The van der Waals surface area contributed by atoms with Crippen LogP contribution in [0, 0.1) is 0 Å². The highest BCUT2D eigenvalue weighted by Gasteiger charge is 2.10. The quantitative estimate of drug-likeness (QED) is 0.871. The van der Waals surface area contributed by atoms with Crippen molar-refractivity contribution in [1.82, 2.24) is 15.2 Å². The number of anilines is 1. The number of ether oxygens (including phenoxy) is 1. The van der Waals surface area contributed by atoms with Crippen LogP contribution in [0.1, 0.15) is 0 Å². The minimum Gasteiger partial charge on any atom is -0.496 e. The molecule has 78 valence electrons. The standard InChI is InChI=1S/C9H9BrN4O/c1-15-7-3-2-5(10)4-6(7)8-12-9(11)14-13-8/h2-4H,1H3,(H3,11,12,13,14). The van der Waals surface area contributed by atoms with Gasteiger partial charge in [-0.05, 0) is 18.2 Å². The highest BCUT2D eigenvalue weighted by molar-refractivity contribution is 9.10. The topological polar surface area (TPSA) is 76.8 Å². The molecule has 0 amide bonds. The molecule has 1 heterocycles. The molecule has 0 radical (unpaired) electrons. The maximum absolute atomic E-state index is 5.44. The fourth-order valence-electron chi connectivity index (χ4n) is 1.26. The van der Waals surface area contributed by atoms with Crippen LogP contribution in [0.4, 0.5) is 5.95 Å². The number of nitrogens with two attached hydrogens (primary N) is 1. The third kappa shape index (κ3) is 1.94. The van der Waals surface area contributed by atoms with Gasteiger partial charge in [-0.25, -0.2) is 0 Å². The van der Waals surface area contributed by atoms with E-state index in [1.54, 1.807) is 7.11 Å². The second-order valence-corrected chi connectivity index (χ2v) is 3.80. The lowest BCUT2D eigenvalue weighted by molar-refractivity contribution is 0.416. The van der Waals surface area contributed by atoms with E-state index >= 15 is 0 Å². The van der Waals surface area contributed by atoms with E-state index in [1.807, 2.05) is 18.2 Å². The molecule has 2 rings (SSSR count). The number of nitrogens with one attached hydrogen (secondary N) is 1. The van der Waals surface area contributed by atoms with Gasteiger partial charge in [0.05, 0.1) is 12.7 Å². The molecular weight excluding hydrogens is 260 g/mol. The third-order valence-corrected chi connectivity index (χ3v) is 2.41. The Kier molecular flexibility index (Phi) is 2.59. The summed E-state index contributed by atoms with van der Waals surface area (Å²) >= 11 is 3.38. The summed E-state index contributed by atoms with van der Waals surface area (Å²) in [5.74, 6) is 1.52. The molecular formula is C9H9BrN4O. The summed E-state index contributed by atoms with van der Waals surface area (Å²) < 4.78 is 6.15. The average Bonchev–Trinajstić information content (AvgIpc) is 2.65. The number of hydrogen-bond donors (Lipinski definition) is 2. The van der Waals surface area contributed by atoms with Gasteiger partial charge in [0.2, 0.25) is 5.95 Å². The van der Waals surface area contributed by atoms with Crippen molar-refractivity contribution in [3.05, 3.63) is 22.7 Å². The Balaban J connectivity index is 2.55. The Bertz CT molecular complexity index is 483. The zero-order chi connectivity index (χ0) is 10.8. The number of nitrogen functional groups attached to an aromatic ring is 1. The van der Waals surface area contributed by atoms with Gasteiger partial charge in [0.1, 0.15) is 5.75 Å². The first kappa shape index (κ1) is 9.97. The molecule has 0 fully saturated rings. The first-order chi connectivity index (χ1) is 7.20. The molecule has 5 nitrogen and oxygen atoms in total. The van der Waals surface area contributed by atoms with Crippen LogP contribution in [-0.4, -0.2) is 22.3 Å². The van der Waals surface area contributed by atoms with Gasteiger partial charge in [-0.15, -0.1) is 5.10 Å². The molecule has 1 aromatic heterocycles. The first-order valence-corrected chi connectivity index (χ1v) is 5.02. The van der Waals surface area contributed by atoms with E-state index in [4.69, 9.17) is 10.5 Å². The van der Waals surface area contributed by atoms with E-state index in [-0.39, 0.29) is 5.95 Å². The molecule has 0 aliphatic rings. The molecule has 0 bridgehead atoms. The van der Waals surface area contributed by atoms with Crippen LogP contribution in [0.5, 0.6) is 5.75 Å². The maximum atomic E-state index is 5.44. The van der Waals surface area contributed by atoms with E-state index in [2.05, 4.69) is 31.1 Å². The molecule has 2 aromatic rings. The fraction of sp³-hybridized carbons (Fsp3) is 0.111. The van der Waals surface area contributed by atoms with Crippen molar-refractivity contribution >= 4 is 21.9 Å². The molecule has 0 aliphatic heterocycles. The zero-order valence-electron chi connectivity index (χ0n) is 7.99. The highest BCUT2D eigenvalue weighted by atomic mass is 79.9. The molecule has 0 saturated heterocycles. The summed E-state index contributed by atoms with van der Waals surface area (Å²) in [6.07, 6.45) is 0. The van der Waals surface area contributed by atoms with Crippen LogP contribution in [0.3, 0.4) is 0 Å². The highest BCUT2D eigenvalue weighted by Crippen LogP contribution is 2.30. The van der Waals surface area contributed by atoms with Crippen molar-refractivity contribution in [2.45, 2.75) is 0 Å². The zero-order valence-corrected chi connectivity index (χ0v) is 9.58. The Hall–Kier alpha value is -1.56. The van der Waals surface area contributed by atoms with E-state index in [0.717, 1.165) is 10.0 Å². The molecule has 0 atom stereocenters. The van der Waals surface area contributed by atoms with E-state index < -0.39 is 0 Å². The van der Waals surface area contributed by atoms with Crippen molar-refractivity contribution in [3.8, 4) is 17.1 Å². The molecule has 0 unspecified atom stereocenters. The molecule has 15 heavy (non-hydrogen) atoms.